The SMILES string of the molecule is COc1ccc(-c2c[nH]c(-c3cccnc3)n2)cc1. The summed E-state index contributed by atoms with van der Waals surface area (Å²) in [7, 11) is 1.66. The summed E-state index contributed by atoms with van der Waals surface area (Å²) in [4.78, 5) is 11.8. The predicted molar refractivity (Wildman–Crippen MR) is 73.8 cm³/mol. The first-order valence-corrected chi connectivity index (χ1v) is 5.97. The van der Waals surface area contributed by atoms with Crippen LogP contribution in [0.5, 0.6) is 5.75 Å². The molecule has 3 aromatic rings. The highest BCUT2D eigenvalue weighted by molar-refractivity contribution is 5.64. The fourth-order valence-electron chi connectivity index (χ4n) is 1.88. The van der Waals surface area contributed by atoms with Gasteiger partial charge in [0.05, 0.1) is 12.8 Å². The smallest absolute Gasteiger partial charge is 0.139 e. The first-order valence-electron chi connectivity index (χ1n) is 5.97. The molecule has 0 saturated heterocycles. The summed E-state index contributed by atoms with van der Waals surface area (Å²) in [5.74, 6) is 1.66. The molecule has 0 amide bonds. The van der Waals surface area contributed by atoms with Crippen LogP contribution in [0.4, 0.5) is 0 Å². The molecular weight excluding hydrogens is 238 g/mol. The minimum atomic E-state index is 0.818. The Kier molecular flexibility index (Phi) is 2.98. The number of benzene rings is 1. The van der Waals surface area contributed by atoms with E-state index in [0.29, 0.717) is 0 Å². The van der Waals surface area contributed by atoms with E-state index in [4.69, 9.17) is 4.74 Å². The van der Waals surface area contributed by atoms with Crippen LogP contribution in [0.25, 0.3) is 22.6 Å². The van der Waals surface area contributed by atoms with E-state index in [0.717, 1.165) is 28.4 Å². The Morgan fingerprint density at radius 2 is 1.89 bits per heavy atom. The highest BCUT2D eigenvalue weighted by Crippen LogP contribution is 2.23. The molecule has 0 atom stereocenters. The summed E-state index contributed by atoms with van der Waals surface area (Å²) in [5.41, 5.74) is 2.93. The number of aromatic nitrogens is 3. The van der Waals surface area contributed by atoms with E-state index in [9.17, 15) is 0 Å². The van der Waals surface area contributed by atoms with Crippen molar-refractivity contribution >= 4 is 0 Å². The van der Waals surface area contributed by atoms with Crippen LogP contribution in [0.2, 0.25) is 0 Å². The number of hydrogen-bond donors (Lipinski definition) is 1. The third-order valence-electron chi connectivity index (χ3n) is 2.90. The van der Waals surface area contributed by atoms with Gasteiger partial charge in [-0.05, 0) is 36.4 Å². The number of rotatable bonds is 3. The molecule has 0 aliphatic heterocycles. The lowest BCUT2D eigenvalue weighted by atomic mass is 10.2. The zero-order valence-corrected chi connectivity index (χ0v) is 10.5. The summed E-state index contributed by atoms with van der Waals surface area (Å²) in [5, 5.41) is 0. The molecular formula is C15H13N3O. The Morgan fingerprint density at radius 1 is 1.05 bits per heavy atom. The number of aromatic amines is 1. The standard InChI is InChI=1S/C15H13N3O/c1-19-13-6-4-11(5-7-13)14-10-17-15(18-14)12-3-2-8-16-9-12/h2-10H,1H3,(H,17,18). The van der Waals surface area contributed by atoms with Gasteiger partial charge in [-0.1, -0.05) is 0 Å². The molecule has 94 valence electrons. The molecule has 1 aromatic carbocycles. The van der Waals surface area contributed by atoms with Crippen molar-refractivity contribution in [1.29, 1.82) is 0 Å². The van der Waals surface area contributed by atoms with E-state index < -0.39 is 0 Å². The third-order valence-corrected chi connectivity index (χ3v) is 2.90. The average molecular weight is 251 g/mol. The van der Waals surface area contributed by atoms with Crippen molar-refractivity contribution in [3.8, 4) is 28.4 Å². The van der Waals surface area contributed by atoms with Crippen molar-refractivity contribution in [3.05, 3.63) is 55.0 Å². The van der Waals surface area contributed by atoms with Crippen molar-refractivity contribution in [2.45, 2.75) is 0 Å². The summed E-state index contributed by atoms with van der Waals surface area (Å²) >= 11 is 0. The normalized spacial score (nSPS) is 10.4. The van der Waals surface area contributed by atoms with Gasteiger partial charge in [-0.25, -0.2) is 4.98 Å². The second-order valence-corrected chi connectivity index (χ2v) is 4.10. The summed E-state index contributed by atoms with van der Waals surface area (Å²) in [6.07, 6.45) is 5.43. The Labute approximate surface area is 111 Å². The number of pyridine rings is 1. The molecule has 4 nitrogen and oxygen atoms in total. The predicted octanol–water partition coefficient (Wildman–Crippen LogP) is 3.15. The first-order chi connectivity index (χ1) is 9.36. The van der Waals surface area contributed by atoms with Gasteiger partial charge in [-0.15, -0.1) is 0 Å². The quantitative estimate of drug-likeness (QED) is 0.778. The van der Waals surface area contributed by atoms with Crippen molar-refractivity contribution in [2.75, 3.05) is 7.11 Å². The maximum atomic E-state index is 5.14. The fourth-order valence-corrected chi connectivity index (χ4v) is 1.88. The van der Waals surface area contributed by atoms with Gasteiger partial charge in [0.15, 0.2) is 0 Å². The lowest BCUT2D eigenvalue weighted by molar-refractivity contribution is 0.415. The van der Waals surface area contributed by atoms with Crippen LogP contribution >= 0.6 is 0 Å². The van der Waals surface area contributed by atoms with E-state index in [2.05, 4.69) is 15.0 Å². The van der Waals surface area contributed by atoms with Gasteiger partial charge in [0.1, 0.15) is 11.6 Å². The number of nitrogens with one attached hydrogen (secondary N) is 1. The second kappa shape index (κ2) is 4.94. The monoisotopic (exact) mass is 251 g/mol. The van der Waals surface area contributed by atoms with Gasteiger partial charge in [0, 0.05) is 29.7 Å². The number of H-pyrrole nitrogens is 1. The van der Waals surface area contributed by atoms with Crippen LogP contribution in [-0.2, 0) is 0 Å². The molecule has 2 heterocycles. The molecule has 0 unspecified atom stereocenters. The van der Waals surface area contributed by atoms with Gasteiger partial charge >= 0.3 is 0 Å². The van der Waals surface area contributed by atoms with Gasteiger partial charge in [0.25, 0.3) is 0 Å². The largest absolute Gasteiger partial charge is 0.497 e. The number of methoxy groups -OCH3 is 1. The molecule has 0 bridgehead atoms. The minimum absolute atomic E-state index is 0.818. The zero-order valence-electron chi connectivity index (χ0n) is 10.5. The molecule has 0 fully saturated rings. The fraction of sp³-hybridized carbons (Fsp3) is 0.0667. The van der Waals surface area contributed by atoms with Crippen LogP contribution < -0.4 is 4.74 Å². The Morgan fingerprint density at radius 3 is 2.58 bits per heavy atom. The molecule has 2 aromatic heterocycles. The third kappa shape index (κ3) is 2.33. The van der Waals surface area contributed by atoms with Crippen LogP contribution in [0.15, 0.2) is 55.0 Å². The Hall–Kier alpha value is -2.62. The van der Waals surface area contributed by atoms with Crippen LogP contribution in [0.1, 0.15) is 0 Å². The maximum Gasteiger partial charge on any atom is 0.139 e. The van der Waals surface area contributed by atoms with E-state index in [-0.39, 0.29) is 0 Å². The molecule has 19 heavy (non-hydrogen) atoms. The number of hydrogen-bond acceptors (Lipinski definition) is 3. The van der Waals surface area contributed by atoms with Crippen LogP contribution in [-0.4, -0.2) is 22.1 Å². The van der Waals surface area contributed by atoms with Gasteiger partial charge in [-0.2, -0.15) is 0 Å². The molecule has 0 aliphatic rings. The lowest BCUT2D eigenvalue weighted by Crippen LogP contribution is -1.83. The molecule has 0 spiro atoms. The van der Waals surface area contributed by atoms with E-state index in [1.807, 2.05) is 42.6 Å². The molecule has 0 aliphatic carbocycles. The summed E-state index contributed by atoms with van der Waals surface area (Å²) in [6.45, 7) is 0. The van der Waals surface area contributed by atoms with Crippen molar-refractivity contribution < 1.29 is 4.74 Å². The van der Waals surface area contributed by atoms with Crippen molar-refractivity contribution in [2.24, 2.45) is 0 Å². The lowest BCUT2D eigenvalue weighted by Gasteiger charge is -2.00. The van der Waals surface area contributed by atoms with E-state index >= 15 is 0 Å². The molecule has 1 N–H and O–H groups in total. The number of nitrogens with zero attached hydrogens (tertiary/aromatic N) is 2. The highest BCUT2D eigenvalue weighted by atomic mass is 16.5. The molecule has 0 radical (unpaired) electrons. The van der Waals surface area contributed by atoms with Gasteiger partial charge in [-0.3, -0.25) is 4.98 Å². The summed E-state index contributed by atoms with van der Waals surface area (Å²) < 4.78 is 5.14. The van der Waals surface area contributed by atoms with E-state index in [1.165, 1.54) is 0 Å². The molecule has 0 saturated carbocycles. The minimum Gasteiger partial charge on any atom is -0.497 e. The van der Waals surface area contributed by atoms with Crippen molar-refractivity contribution in [1.82, 2.24) is 15.0 Å². The topological polar surface area (TPSA) is 50.8 Å². The molecule has 3 rings (SSSR count). The average Bonchev–Trinajstić information content (AvgIpc) is 2.98. The first kappa shape index (κ1) is 11.5. The Bertz CT molecular complexity index is 659. The van der Waals surface area contributed by atoms with Crippen molar-refractivity contribution in [3.63, 3.8) is 0 Å². The Balaban J connectivity index is 1.92. The van der Waals surface area contributed by atoms with Gasteiger partial charge < -0.3 is 9.72 Å². The van der Waals surface area contributed by atoms with Crippen LogP contribution in [0, 0.1) is 0 Å². The maximum absolute atomic E-state index is 5.14. The second-order valence-electron chi connectivity index (χ2n) is 4.10. The van der Waals surface area contributed by atoms with Gasteiger partial charge in [0.2, 0.25) is 0 Å². The van der Waals surface area contributed by atoms with Crippen LogP contribution in [0.3, 0.4) is 0 Å². The number of imidazole rings is 1. The summed E-state index contributed by atoms with van der Waals surface area (Å²) in [6, 6.07) is 11.7. The zero-order chi connectivity index (χ0) is 13.1. The molecule has 4 heteroatoms. The van der Waals surface area contributed by atoms with E-state index in [1.54, 1.807) is 19.5 Å². The number of ether oxygens (including phenoxy) is 1. The highest BCUT2D eigenvalue weighted by Gasteiger charge is 2.05.